The molecule has 1 fully saturated rings. The monoisotopic (exact) mass is 300 g/mol. The Balaban J connectivity index is 2.62. The summed E-state index contributed by atoms with van der Waals surface area (Å²) in [5.41, 5.74) is 4.70. The molecular formula is C13H24N4O4. The summed E-state index contributed by atoms with van der Waals surface area (Å²) in [5, 5.41) is 14.5. The maximum atomic E-state index is 12.5. The van der Waals surface area contributed by atoms with Gasteiger partial charge in [-0.3, -0.25) is 9.59 Å². The van der Waals surface area contributed by atoms with E-state index in [9.17, 15) is 9.59 Å². The van der Waals surface area contributed by atoms with Gasteiger partial charge in [-0.05, 0) is 18.8 Å². The molecular weight excluding hydrogens is 276 g/mol. The summed E-state index contributed by atoms with van der Waals surface area (Å²) in [6.45, 7) is 2.72. The minimum absolute atomic E-state index is 0.0720. The fourth-order valence-electron chi connectivity index (χ4n) is 2.72. The molecule has 4 N–H and O–H groups in total. The Morgan fingerprint density at radius 1 is 1.52 bits per heavy atom. The van der Waals surface area contributed by atoms with E-state index in [2.05, 4.69) is 10.5 Å². The summed E-state index contributed by atoms with van der Waals surface area (Å²) in [4.78, 5) is 25.5. The summed E-state index contributed by atoms with van der Waals surface area (Å²) < 4.78 is 4.83. The van der Waals surface area contributed by atoms with Crippen molar-refractivity contribution in [2.24, 2.45) is 22.2 Å². The Morgan fingerprint density at radius 3 is 2.62 bits per heavy atom. The number of ether oxygens (including phenoxy) is 1. The first-order valence-corrected chi connectivity index (χ1v) is 6.86. The zero-order chi connectivity index (χ0) is 16.0. The highest BCUT2D eigenvalue weighted by Gasteiger charge is 2.53. The SMILES string of the molecule is COCCNC(=O)CN(C)C(=O)C1(C(N)=NO)CC(C)C1. The van der Waals surface area contributed by atoms with Crippen LogP contribution in [0.3, 0.4) is 0 Å². The lowest BCUT2D eigenvalue weighted by molar-refractivity contribution is -0.145. The Kier molecular flexibility index (Phi) is 5.95. The fourth-order valence-corrected chi connectivity index (χ4v) is 2.72. The molecule has 21 heavy (non-hydrogen) atoms. The number of hydrogen-bond donors (Lipinski definition) is 3. The van der Waals surface area contributed by atoms with E-state index < -0.39 is 5.41 Å². The molecule has 0 aliphatic heterocycles. The number of rotatable bonds is 7. The van der Waals surface area contributed by atoms with Crippen LogP contribution in [0.1, 0.15) is 19.8 Å². The van der Waals surface area contributed by atoms with Crippen molar-refractivity contribution in [1.82, 2.24) is 10.2 Å². The molecule has 2 amide bonds. The smallest absolute Gasteiger partial charge is 0.239 e. The average molecular weight is 300 g/mol. The summed E-state index contributed by atoms with van der Waals surface area (Å²) in [6.07, 6.45) is 1.05. The second kappa shape index (κ2) is 7.26. The van der Waals surface area contributed by atoms with Crippen LogP contribution >= 0.6 is 0 Å². The van der Waals surface area contributed by atoms with Gasteiger partial charge in [0.05, 0.1) is 13.2 Å². The number of nitrogens with one attached hydrogen (secondary N) is 1. The maximum absolute atomic E-state index is 12.5. The van der Waals surface area contributed by atoms with Gasteiger partial charge in [-0.2, -0.15) is 0 Å². The van der Waals surface area contributed by atoms with Crippen LogP contribution in [0.25, 0.3) is 0 Å². The first-order valence-electron chi connectivity index (χ1n) is 6.86. The van der Waals surface area contributed by atoms with Gasteiger partial charge in [0.25, 0.3) is 0 Å². The molecule has 0 spiro atoms. The van der Waals surface area contributed by atoms with Crippen molar-refractivity contribution in [3.8, 4) is 0 Å². The molecule has 0 aromatic carbocycles. The molecule has 1 aliphatic rings. The van der Waals surface area contributed by atoms with Gasteiger partial charge in [0.1, 0.15) is 5.41 Å². The highest BCUT2D eigenvalue weighted by Crippen LogP contribution is 2.46. The average Bonchev–Trinajstić information content (AvgIpc) is 2.42. The van der Waals surface area contributed by atoms with Crippen LogP contribution in [0.5, 0.6) is 0 Å². The van der Waals surface area contributed by atoms with Crippen LogP contribution in [-0.2, 0) is 14.3 Å². The Labute approximate surface area is 124 Å². The van der Waals surface area contributed by atoms with E-state index in [0.29, 0.717) is 31.9 Å². The molecule has 0 radical (unpaired) electrons. The molecule has 1 rings (SSSR count). The van der Waals surface area contributed by atoms with Crippen molar-refractivity contribution in [2.45, 2.75) is 19.8 Å². The lowest BCUT2D eigenvalue weighted by Gasteiger charge is -2.45. The number of carbonyl (C=O) groups excluding carboxylic acids is 2. The predicted octanol–water partition coefficient (Wildman–Crippen LogP) is -0.630. The number of methoxy groups -OCH3 is 1. The van der Waals surface area contributed by atoms with Crippen LogP contribution in [0, 0.1) is 11.3 Å². The number of amidine groups is 1. The van der Waals surface area contributed by atoms with E-state index in [4.69, 9.17) is 15.7 Å². The number of amides is 2. The number of oxime groups is 1. The minimum Gasteiger partial charge on any atom is -0.409 e. The zero-order valence-electron chi connectivity index (χ0n) is 12.8. The fraction of sp³-hybridized carbons (Fsp3) is 0.769. The van der Waals surface area contributed by atoms with Gasteiger partial charge < -0.3 is 25.9 Å². The second-order valence-corrected chi connectivity index (χ2v) is 5.58. The molecule has 0 saturated heterocycles. The van der Waals surface area contributed by atoms with Crippen molar-refractivity contribution < 1.29 is 19.5 Å². The van der Waals surface area contributed by atoms with Crippen molar-refractivity contribution in [3.63, 3.8) is 0 Å². The van der Waals surface area contributed by atoms with Crippen LogP contribution in [0.15, 0.2) is 5.16 Å². The number of nitrogens with two attached hydrogens (primary N) is 1. The summed E-state index contributed by atoms with van der Waals surface area (Å²) in [5.74, 6) is -0.321. The summed E-state index contributed by atoms with van der Waals surface area (Å²) >= 11 is 0. The number of hydrogen-bond acceptors (Lipinski definition) is 5. The van der Waals surface area contributed by atoms with Gasteiger partial charge in [-0.1, -0.05) is 12.1 Å². The Morgan fingerprint density at radius 2 is 2.14 bits per heavy atom. The van der Waals surface area contributed by atoms with Crippen LogP contribution in [-0.4, -0.2) is 61.6 Å². The molecule has 0 atom stereocenters. The van der Waals surface area contributed by atoms with Crippen molar-refractivity contribution in [2.75, 3.05) is 33.9 Å². The standard InChI is InChI=1S/C13H24N4O4/c1-9-6-13(7-9,11(14)16-20)12(19)17(2)8-10(18)15-4-5-21-3/h9,20H,4-8H2,1-3H3,(H2,14,16)(H,15,18). The normalized spacial score (nSPS) is 25.1. The number of nitrogens with zero attached hydrogens (tertiary/aromatic N) is 2. The van der Waals surface area contributed by atoms with E-state index in [1.807, 2.05) is 6.92 Å². The molecule has 0 bridgehead atoms. The van der Waals surface area contributed by atoms with Gasteiger partial charge in [0.15, 0.2) is 5.84 Å². The first-order chi connectivity index (χ1) is 9.87. The van der Waals surface area contributed by atoms with E-state index >= 15 is 0 Å². The molecule has 8 heteroatoms. The summed E-state index contributed by atoms with van der Waals surface area (Å²) in [7, 11) is 3.08. The largest absolute Gasteiger partial charge is 0.409 e. The number of likely N-dealkylation sites (N-methyl/N-ethyl adjacent to an activating group) is 1. The van der Waals surface area contributed by atoms with Crippen molar-refractivity contribution >= 4 is 17.6 Å². The third kappa shape index (κ3) is 3.84. The number of carbonyl (C=O) groups is 2. The summed E-state index contributed by atoms with van der Waals surface area (Å²) in [6, 6.07) is 0. The first kappa shape index (κ1) is 17.2. The highest BCUT2D eigenvalue weighted by atomic mass is 16.5. The van der Waals surface area contributed by atoms with Gasteiger partial charge in [0.2, 0.25) is 11.8 Å². The van der Waals surface area contributed by atoms with Gasteiger partial charge >= 0.3 is 0 Å². The Bertz CT molecular complexity index is 418. The van der Waals surface area contributed by atoms with E-state index in [0.717, 1.165) is 0 Å². The molecule has 0 unspecified atom stereocenters. The van der Waals surface area contributed by atoms with Crippen LogP contribution in [0.4, 0.5) is 0 Å². The van der Waals surface area contributed by atoms with Gasteiger partial charge in [-0.25, -0.2) is 0 Å². The molecule has 1 aliphatic carbocycles. The van der Waals surface area contributed by atoms with Crippen molar-refractivity contribution in [3.05, 3.63) is 0 Å². The third-order valence-electron chi connectivity index (χ3n) is 3.76. The lowest BCUT2D eigenvalue weighted by Crippen LogP contribution is -2.58. The predicted molar refractivity (Wildman–Crippen MR) is 76.8 cm³/mol. The maximum Gasteiger partial charge on any atom is 0.239 e. The second-order valence-electron chi connectivity index (χ2n) is 5.58. The van der Waals surface area contributed by atoms with E-state index in [1.54, 1.807) is 7.11 Å². The Hall–Kier alpha value is -1.83. The third-order valence-corrected chi connectivity index (χ3v) is 3.76. The lowest BCUT2D eigenvalue weighted by atomic mass is 9.61. The quantitative estimate of drug-likeness (QED) is 0.190. The van der Waals surface area contributed by atoms with E-state index in [-0.39, 0.29) is 24.2 Å². The van der Waals surface area contributed by atoms with Gasteiger partial charge in [-0.15, -0.1) is 0 Å². The topological polar surface area (TPSA) is 117 Å². The molecule has 1 saturated carbocycles. The molecule has 120 valence electrons. The molecule has 8 nitrogen and oxygen atoms in total. The highest BCUT2D eigenvalue weighted by molar-refractivity contribution is 6.08. The van der Waals surface area contributed by atoms with Crippen molar-refractivity contribution in [1.29, 1.82) is 0 Å². The van der Waals surface area contributed by atoms with E-state index in [1.165, 1.54) is 11.9 Å². The molecule has 0 aromatic rings. The van der Waals surface area contributed by atoms with Gasteiger partial charge in [0, 0.05) is 20.7 Å². The molecule has 0 aromatic heterocycles. The van der Waals surface area contributed by atoms with Crippen LogP contribution in [0.2, 0.25) is 0 Å². The molecule has 0 heterocycles. The zero-order valence-corrected chi connectivity index (χ0v) is 12.8. The minimum atomic E-state index is -0.976. The van der Waals surface area contributed by atoms with Crippen LogP contribution < -0.4 is 11.1 Å².